The topological polar surface area (TPSA) is 105 Å². The van der Waals surface area contributed by atoms with Crippen molar-refractivity contribution in [3.8, 4) is 5.75 Å². The number of rotatable bonds is 5. The number of benzene rings is 2. The summed E-state index contributed by atoms with van der Waals surface area (Å²) in [6.45, 7) is 1.74. The van der Waals surface area contributed by atoms with Crippen LogP contribution in [0.15, 0.2) is 36.4 Å². The summed E-state index contributed by atoms with van der Waals surface area (Å²) < 4.78 is 10.3. The number of methoxy groups -OCH3 is 1. The molecule has 0 amide bonds. The summed E-state index contributed by atoms with van der Waals surface area (Å²) in [6, 6.07) is 9.72. The Hall–Kier alpha value is -3.09. The van der Waals surface area contributed by atoms with Gasteiger partial charge >= 0.3 is 5.97 Å². The highest BCUT2D eigenvalue weighted by atomic mass is 16.6. The summed E-state index contributed by atoms with van der Waals surface area (Å²) >= 11 is 0. The number of hydrogen-bond acceptors (Lipinski definition) is 6. The molecular weight excluding hydrogens is 300 g/mol. The molecule has 0 fully saturated rings. The van der Waals surface area contributed by atoms with E-state index in [1.807, 2.05) is 0 Å². The van der Waals surface area contributed by atoms with Gasteiger partial charge < -0.3 is 15.2 Å². The van der Waals surface area contributed by atoms with Crippen molar-refractivity contribution in [2.75, 3.05) is 12.8 Å². The van der Waals surface area contributed by atoms with Gasteiger partial charge in [0.2, 0.25) is 0 Å². The Labute approximate surface area is 132 Å². The minimum Gasteiger partial charge on any atom is -0.489 e. The molecule has 7 heteroatoms. The molecule has 2 rings (SSSR count). The molecule has 0 aliphatic rings. The van der Waals surface area contributed by atoms with Crippen LogP contribution in [0, 0.1) is 17.0 Å². The number of nitrogens with zero attached hydrogens (tertiary/aromatic N) is 1. The third-order valence-electron chi connectivity index (χ3n) is 3.35. The van der Waals surface area contributed by atoms with Crippen LogP contribution in [0.3, 0.4) is 0 Å². The molecule has 0 aliphatic heterocycles. The fraction of sp³-hybridized carbons (Fsp3) is 0.188. The van der Waals surface area contributed by atoms with Crippen molar-refractivity contribution >= 4 is 17.3 Å². The molecule has 2 N–H and O–H groups in total. The second kappa shape index (κ2) is 6.78. The first-order chi connectivity index (χ1) is 10.9. The molecule has 23 heavy (non-hydrogen) atoms. The van der Waals surface area contributed by atoms with E-state index in [4.69, 9.17) is 15.2 Å². The highest BCUT2D eigenvalue weighted by molar-refractivity contribution is 5.90. The van der Waals surface area contributed by atoms with Gasteiger partial charge in [-0.2, -0.15) is 0 Å². The van der Waals surface area contributed by atoms with E-state index in [2.05, 4.69) is 0 Å². The van der Waals surface area contributed by atoms with Crippen molar-refractivity contribution in [3.05, 3.63) is 63.2 Å². The van der Waals surface area contributed by atoms with Gasteiger partial charge in [-0.3, -0.25) is 10.1 Å². The third-order valence-corrected chi connectivity index (χ3v) is 3.35. The van der Waals surface area contributed by atoms with E-state index in [0.717, 1.165) is 0 Å². The third kappa shape index (κ3) is 3.57. The summed E-state index contributed by atoms with van der Waals surface area (Å²) in [5.74, 6) is -0.160. The monoisotopic (exact) mass is 316 g/mol. The highest BCUT2D eigenvalue weighted by Gasteiger charge is 2.17. The van der Waals surface area contributed by atoms with E-state index in [9.17, 15) is 14.9 Å². The number of nitro benzene ring substituents is 1. The van der Waals surface area contributed by atoms with E-state index in [1.165, 1.54) is 13.2 Å². The number of ether oxygens (including phenoxy) is 2. The summed E-state index contributed by atoms with van der Waals surface area (Å²) in [5, 5.41) is 11.0. The maximum Gasteiger partial charge on any atom is 0.338 e. The van der Waals surface area contributed by atoms with Gasteiger partial charge in [-0.15, -0.1) is 0 Å². The Bertz CT molecular complexity index is 758. The van der Waals surface area contributed by atoms with E-state index in [-0.39, 0.29) is 18.0 Å². The second-order valence-electron chi connectivity index (χ2n) is 4.87. The first-order valence-corrected chi connectivity index (χ1v) is 6.77. The van der Waals surface area contributed by atoms with Crippen molar-refractivity contribution in [1.29, 1.82) is 0 Å². The number of nitro groups is 1. The molecule has 0 saturated heterocycles. The van der Waals surface area contributed by atoms with Crippen molar-refractivity contribution in [1.82, 2.24) is 0 Å². The van der Waals surface area contributed by atoms with Crippen LogP contribution in [-0.2, 0) is 11.3 Å². The molecule has 2 aromatic carbocycles. The zero-order valence-electron chi connectivity index (χ0n) is 12.7. The van der Waals surface area contributed by atoms with Gasteiger partial charge in [0.15, 0.2) is 0 Å². The zero-order chi connectivity index (χ0) is 17.0. The van der Waals surface area contributed by atoms with Crippen molar-refractivity contribution in [3.63, 3.8) is 0 Å². The Morgan fingerprint density at radius 2 is 2.00 bits per heavy atom. The SMILES string of the molecule is COC(=O)c1ccccc1COc1cc(C)c(N)c([N+](=O)[O-])c1. The predicted octanol–water partition coefficient (Wildman–Crippen LogP) is 2.85. The van der Waals surface area contributed by atoms with E-state index in [0.29, 0.717) is 22.4 Å². The molecule has 0 unspecified atom stereocenters. The normalized spacial score (nSPS) is 10.2. The molecule has 0 saturated carbocycles. The fourth-order valence-electron chi connectivity index (χ4n) is 2.10. The first kappa shape index (κ1) is 16.3. The summed E-state index contributed by atoms with van der Waals surface area (Å²) in [5.41, 5.74) is 7.14. The first-order valence-electron chi connectivity index (χ1n) is 6.77. The fourth-order valence-corrected chi connectivity index (χ4v) is 2.10. The van der Waals surface area contributed by atoms with Gasteiger partial charge in [0, 0.05) is 5.56 Å². The molecule has 0 radical (unpaired) electrons. The van der Waals surface area contributed by atoms with Crippen LogP contribution < -0.4 is 10.5 Å². The van der Waals surface area contributed by atoms with Crippen LogP contribution in [0.5, 0.6) is 5.75 Å². The molecule has 120 valence electrons. The number of esters is 1. The Morgan fingerprint density at radius 3 is 2.65 bits per heavy atom. The minimum absolute atomic E-state index is 0.0752. The van der Waals surface area contributed by atoms with Gasteiger partial charge in [-0.1, -0.05) is 18.2 Å². The number of aryl methyl sites for hydroxylation is 1. The minimum atomic E-state index is -0.558. The van der Waals surface area contributed by atoms with Gasteiger partial charge in [0.1, 0.15) is 18.0 Å². The Kier molecular flexibility index (Phi) is 4.80. The molecule has 0 spiro atoms. The molecule has 0 atom stereocenters. The molecular formula is C16H16N2O5. The maximum atomic E-state index is 11.7. The van der Waals surface area contributed by atoms with Crippen LogP contribution >= 0.6 is 0 Å². The summed E-state index contributed by atoms with van der Waals surface area (Å²) in [4.78, 5) is 22.1. The van der Waals surface area contributed by atoms with Gasteiger partial charge in [0.05, 0.1) is 23.7 Å². The number of carbonyl (C=O) groups excluding carboxylic acids is 1. The average molecular weight is 316 g/mol. The molecule has 0 aliphatic carbocycles. The number of nitrogens with two attached hydrogens (primary N) is 1. The lowest BCUT2D eigenvalue weighted by molar-refractivity contribution is -0.384. The van der Waals surface area contributed by atoms with Crippen molar-refractivity contribution in [2.45, 2.75) is 13.5 Å². The lowest BCUT2D eigenvalue weighted by Gasteiger charge is -2.11. The Balaban J connectivity index is 2.25. The summed E-state index contributed by atoms with van der Waals surface area (Å²) in [7, 11) is 1.30. The van der Waals surface area contributed by atoms with E-state index in [1.54, 1.807) is 37.3 Å². The van der Waals surface area contributed by atoms with Crippen LogP contribution in [-0.4, -0.2) is 18.0 Å². The van der Waals surface area contributed by atoms with Crippen LogP contribution in [0.4, 0.5) is 11.4 Å². The van der Waals surface area contributed by atoms with E-state index >= 15 is 0 Å². The second-order valence-corrected chi connectivity index (χ2v) is 4.87. The van der Waals surface area contributed by atoms with Gasteiger partial charge in [-0.25, -0.2) is 4.79 Å². The number of anilines is 1. The number of nitrogen functional groups attached to an aromatic ring is 1. The Morgan fingerprint density at radius 1 is 1.30 bits per heavy atom. The zero-order valence-corrected chi connectivity index (χ0v) is 12.7. The van der Waals surface area contributed by atoms with E-state index < -0.39 is 10.9 Å². The predicted molar refractivity (Wildman–Crippen MR) is 84.4 cm³/mol. The highest BCUT2D eigenvalue weighted by Crippen LogP contribution is 2.30. The van der Waals surface area contributed by atoms with Crippen LogP contribution in [0.1, 0.15) is 21.5 Å². The lowest BCUT2D eigenvalue weighted by Crippen LogP contribution is -2.08. The molecule has 0 bridgehead atoms. The smallest absolute Gasteiger partial charge is 0.338 e. The van der Waals surface area contributed by atoms with Crippen molar-refractivity contribution < 1.29 is 19.2 Å². The molecule has 2 aromatic rings. The van der Waals surface area contributed by atoms with Crippen molar-refractivity contribution in [2.24, 2.45) is 0 Å². The largest absolute Gasteiger partial charge is 0.489 e. The quantitative estimate of drug-likeness (QED) is 0.393. The summed E-state index contributed by atoms with van der Waals surface area (Å²) in [6.07, 6.45) is 0. The van der Waals surface area contributed by atoms with Crippen LogP contribution in [0.25, 0.3) is 0 Å². The number of carbonyl (C=O) groups is 1. The van der Waals surface area contributed by atoms with Gasteiger partial charge in [-0.05, 0) is 24.6 Å². The average Bonchev–Trinajstić information content (AvgIpc) is 2.55. The molecule has 7 nitrogen and oxygen atoms in total. The van der Waals surface area contributed by atoms with Gasteiger partial charge in [0.25, 0.3) is 5.69 Å². The van der Waals surface area contributed by atoms with Crippen LogP contribution in [0.2, 0.25) is 0 Å². The maximum absolute atomic E-state index is 11.7. The molecule has 0 heterocycles. The number of hydrogen-bond donors (Lipinski definition) is 1. The lowest BCUT2D eigenvalue weighted by atomic mass is 10.1. The standard InChI is InChI=1S/C16H16N2O5/c1-10-7-12(8-14(15(10)17)18(20)21)23-9-11-5-3-4-6-13(11)16(19)22-2/h3-8H,9,17H2,1-2H3. The molecule has 0 aromatic heterocycles.